The molecule has 0 atom stereocenters. The Labute approximate surface area is 164 Å². The molecule has 0 saturated carbocycles. The number of imidazole rings is 1. The number of fused-ring (bicyclic) bond motifs is 1. The van der Waals surface area contributed by atoms with E-state index in [4.69, 9.17) is 5.14 Å². The number of halogens is 1. The summed E-state index contributed by atoms with van der Waals surface area (Å²) in [6.07, 6.45) is 2.01. The fourth-order valence-corrected chi connectivity index (χ4v) is 3.77. The summed E-state index contributed by atoms with van der Waals surface area (Å²) in [6.45, 7) is 3.86. The summed E-state index contributed by atoms with van der Waals surface area (Å²) in [5.74, 6) is 0.584. The van der Waals surface area contributed by atoms with Crippen LogP contribution in [0.4, 0.5) is 4.39 Å². The van der Waals surface area contributed by atoms with Crippen LogP contribution in [0.25, 0.3) is 11.0 Å². The average molecular weight is 405 g/mol. The van der Waals surface area contributed by atoms with Crippen LogP contribution < -0.4 is 5.14 Å². The van der Waals surface area contributed by atoms with Crippen LogP contribution >= 0.6 is 0 Å². The van der Waals surface area contributed by atoms with Gasteiger partial charge in [-0.05, 0) is 37.7 Å². The minimum Gasteiger partial charge on any atom is -0.327 e. The molecule has 0 fully saturated rings. The zero-order valence-electron chi connectivity index (χ0n) is 16.1. The molecule has 0 unspecified atom stereocenters. The lowest BCUT2D eigenvalue weighted by Gasteiger charge is -2.18. The van der Waals surface area contributed by atoms with Crippen LogP contribution in [-0.4, -0.2) is 29.9 Å². The van der Waals surface area contributed by atoms with Gasteiger partial charge in [0, 0.05) is 18.7 Å². The van der Waals surface area contributed by atoms with Gasteiger partial charge in [-0.25, -0.2) is 22.9 Å². The molecule has 0 aliphatic carbocycles. The number of aryl methyl sites for hydroxylation is 1. The second kappa shape index (κ2) is 8.38. The van der Waals surface area contributed by atoms with Crippen molar-refractivity contribution in [3.05, 3.63) is 59.7 Å². The molecule has 3 rings (SSSR count). The van der Waals surface area contributed by atoms with Gasteiger partial charge in [0.15, 0.2) is 0 Å². The number of hydrogen-bond donors (Lipinski definition) is 1. The fraction of sp³-hybridized carbons (Fsp3) is 0.350. The SMILES string of the molecule is CCCCn1c(CN(C)Cc2ccccc2F)nc2cc(S(N)(=O)=O)ccc21. The zero-order chi connectivity index (χ0) is 20.3. The molecule has 2 aromatic carbocycles. The highest BCUT2D eigenvalue weighted by Gasteiger charge is 2.16. The van der Waals surface area contributed by atoms with E-state index in [1.165, 1.54) is 18.2 Å². The maximum absolute atomic E-state index is 13.9. The molecule has 2 N–H and O–H groups in total. The number of aromatic nitrogens is 2. The summed E-state index contributed by atoms with van der Waals surface area (Å²) in [6, 6.07) is 11.5. The Morgan fingerprint density at radius 2 is 1.93 bits per heavy atom. The van der Waals surface area contributed by atoms with Gasteiger partial charge >= 0.3 is 0 Å². The molecule has 150 valence electrons. The molecule has 3 aromatic rings. The van der Waals surface area contributed by atoms with E-state index >= 15 is 0 Å². The van der Waals surface area contributed by atoms with Crippen molar-refractivity contribution in [3.63, 3.8) is 0 Å². The van der Waals surface area contributed by atoms with Gasteiger partial charge in [0.05, 0.1) is 22.5 Å². The van der Waals surface area contributed by atoms with E-state index in [1.54, 1.807) is 18.2 Å². The number of primary sulfonamides is 1. The number of sulfonamides is 1. The van der Waals surface area contributed by atoms with Gasteiger partial charge < -0.3 is 4.57 Å². The van der Waals surface area contributed by atoms with Crippen LogP contribution in [0.3, 0.4) is 0 Å². The summed E-state index contributed by atoms with van der Waals surface area (Å²) in [5, 5.41) is 5.25. The highest BCUT2D eigenvalue weighted by molar-refractivity contribution is 7.89. The number of unbranched alkanes of at least 4 members (excludes halogenated alkanes) is 1. The van der Waals surface area contributed by atoms with Gasteiger partial charge in [-0.2, -0.15) is 0 Å². The van der Waals surface area contributed by atoms with E-state index in [-0.39, 0.29) is 10.7 Å². The molecule has 0 radical (unpaired) electrons. The van der Waals surface area contributed by atoms with Crippen molar-refractivity contribution in [1.29, 1.82) is 0 Å². The van der Waals surface area contributed by atoms with Crippen LogP contribution in [0.15, 0.2) is 47.4 Å². The topological polar surface area (TPSA) is 81.2 Å². The van der Waals surface area contributed by atoms with E-state index in [0.29, 0.717) is 24.2 Å². The van der Waals surface area contributed by atoms with Gasteiger partial charge in [0.25, 0.3) is 0 Å². The molecular weight excluding hydrogens is 379 g/mol. The quantitative estimate of drug-likeness (QED) is 0.625. The summed E-state index contributed by atoms with van der Waals surface area (Å²) >= 11 is 0. The predicted molar refractivity (Wildman–Crippen MR) is 108 cm³/mol. The van der Waals surface area contributed by atoms with Crippen molar-refractivity contribution >= 4 is 21.1 Å². The first-order valence-corrected chi connectivity index (χ1v) is 10.8. The Bertz CT molecular complexity index is 1080. The molecule has 6 nitrogen and oxygen atoms in total. The lowest BCUT2D eigenvalue weighted by Crippen LogP contribution is -2.21. The van der Waals surface area contributed by atoms with Gasteiger partial charge in [-0.15, -0.1) is 0 Å². The Kier molecular flexibility index (Phi) is 6.12. The third kappa shape index (κ3) is 4.57. The maximum atomic E-state index is 13.9. The van der Waals surface area contributed by atoms with Gasteiger partial charge in [0.2, 0.25) is 10.0 Å². The van der Waals surface area contributed by atoms with E-state index in [2.05, 4.69) is 16.5 Å². The predicted octanol–water partition coefficient (Wildman–Crippen LogP) is 3.25. The summed E-state index contributed by atoms with van der Waals surface area (Å²) in [5.41, 5.74) is 2.09. The molecule has 0 bridgehead atoms. The van der Waals surface area contributed by atoms with Crippen molar-refractivity contribution in [1.82, 2.24) is 14.5 Å². The first kappa shape index (κ1) is 20.4. The number of nitrogens with zero attached hydrogens (tertiary/aromatic N) is 3. The Balaban J connectivity index is 1.92. The average Bonchev–Trinajstić information content (AvgIpc) is 2.97. The van der Waals surface area contributed by atoms with Gasteiger partial charge in [0.1, 0.15) is 11.6 Å². The molecule has 0 saturated heterocycles. The zero-order valence-corrected chi connectivity index (χ0v) is 16.9. The minimum atomic E-state index is -3.78. The van der Waals surface area contributed by atoms with Crippen molar-refractivity contribution < 1.29 is 12.8 Å². The molecule has 0 aliphatic heterocycles. The number of rotatable bonds is 8. The van der Waals surface area contributed by atoms with Crippen LogP contribution in [0, 0.1) is 5.82 Å². The molecule has 28 heavy (non-hydrogen) atoms. The standard InChI is InChI=1S/C20H25FN4O2S/c1-3-4-11-25-19-10-9-16(28(22,26)27)12-18(19)23-20(25)14-24(2)13-15-7-5-6-8-17(15)21/h5-10,12H,3-4,11,13-14H2,1-2H3,(H2,22,26,27). The monoisotopic (exact) mass is 404 g/mol. The number of hydrogen-bond acceptors (Lipinski definition) is 4. The summed E-state index contributed by atoms with van der Waals surface area (Å²) < 4.78 is 39.3. The first-order chi connectivity index (χ1) is 13.3. The van der Waals surface area contributed by atoms with E-state index in [1.807, 2.05) is 18.0 Å². The lowest BCUT2D eigenvalue weighted by atomic mass is 10.2. The second-order valence-electron chi connectivity index (χ2n) is 6.99. The molecular formula is C20H25FN4O2S. The molecule has 1 heterocycles. The smallest absolute Gasteiger partial charge is 0.238 e. The van der Waals surface area contributed by atoms with Gasteiger partial charge in [-0.1, -0.05) is 31.5 Å². The van der Waals surface area contributed by atoms with E-state index in [9.17, 15) is 12.8 Å². The lowest BCUT2D eigenvalue weighted by molar-refractivity contribution is 0.300. The minimum absolute atomic E-state index is 0.0476. The first-order valence-electron chi connectivity index (χ1n) is 9.23. The highest BCUT2D eigenvalue weighted by atomic mass is 32.2. The molecule has 0 aliphatic rings. The number of benzene rings is 2. The fourth-order valence-electron chi connectivity index (χ4n) is 3.24. The third-order valence-corrected chi connectivity index (χ3v) is 5.58. The number of nitrogens with two attached hydrogens (primary N) is 1. The molecule has 0 amide bonds. The van der Waals surface area contributed by atoms with Crippen LogP contribution in [0.1, 0.15) is 31.2 Å². The summed E-state index contributed by atoms with van der Waals surface area (Å²) in [4.78, 5) is 6.69. The third-order valence-electron chi connectivity index (χ3n) is 4.67. The Morgan fingerprint density at radius 3 is 2.61 bits per heavy atom. The molecule has 8 heteroatoms. The largest absolute Gasteiger partial charge is 0.327 e. The molecule has 0 spiro atoms. The van der Waals surface area contributed by atoms with Crippen molar-refractivity contribution in [2.75, 3.05) is 7.05 Å². The second-order valence-corrected chi connectivity index (χ2v) is 8.55. The normalized spacial score (nSPS) is 12.2. The van der Waals surface area contributed by atoms with Crippen LogP contribution in [-0.2, 0) is 29.7 Å². The molecule has 1 aromatic heterocycles. The van der Waals surface area contributed by atoms with Crippen LogP contribution in [0.2, 0.25) is 0 Å². The van der Waals surface area contributed by atoms with Gasteiger partial charge in [-0.3, -0.25) is 4.90 Å². The maximum Gasteiger partial charge on any atom is 0.238 e. The van der Waals surface area contributed by atoms with E-state index in [0.717, 1.165) is 30.7 Å². The van der Waals surface area contributed by atoms with Crippen molar-refractivity contribution in [2.24, 2.45) is 5.14 Å². The van der Waals surface area contributed by atoms with E-state index < -0.39 is 10.0 Å². The van der Waals surface area contributed by atoms with Crippen molar-refractivity contribution in [2.45, 2.75) is 44.3 Å². The Hall–Kier alpha value is -2.29. The Morgan fingerprint density at radius 1 is 1.18 bits per heavy atom. The summed E-state index contributed by atoms with van der Waals surface area (Å²) in [7, 11) is -1.88. The highest BCUT2D eigenvalue weighted by Crippen LogP contribution is 2.22. The van der Waals surface area contributed by atoms with Crippen molar-refractivity contribution in [3.8, 4) is 0 Å². The van der Waals surface area contributed by atoms with Crippen LogP contribution in [0.5, 0.6) is 0 Å².